The van der Waals surface area contributed by atoms with Crippen molar-refractivity contribution >= 4 is 28.6 Å². The van der Waals surface area contributed by atoms with Gasteiger partial charge in [0.25, 0.3) is 6.43 Å². The van der Waals surface area contributed by atoms with Gasteiger partial charge in [0, 0.05) is 0 Å². The van der Waals surface area contributed by atoms with Crippen LogP contribution in [0.3, 0.4) is 0 Å². The number of carboxylic acid groups (broad SMARTS) is 1. The van der Waals surface area contributed by atoms with E-state index in [-0.39, 0.29) is 9.26 Å². The third-order valence-electron chi connectivity index (χ3n) is 1.59. The van der Waals surface area contributed by atoms with Crippen LogP contribution in [0.15, 0.2) is 6.07 Å². The quantitative estimate of drug-likeness (QED) is 0.684. The average molecular weight is 331 g/mol. The molecule has 1 aromatic rings. The summed E-state index contributed by atoms with van der Waals surface area (Å²) < 4.78 is 37.6. The van der Waals surface area contributed by atoms with Gasteiger partial charge in [-0.15, -0.1) is 0 Å². The minimum absolute atomic E-state index is 0.197. The van der Waals surface area contributed by atoms with Crippen molar-refractivity contribution in [3.05, 3.63) is 26.8 Å². The highest BCUT2D eigenvalue weighted by Gasteiger charge is 2.19. The molecule has 0 fully saturated rings. The van der Waals surface area contributed by atoms with E-state index in [1.165, 1.54) is 22.6 Å². The molecule has 3 nitrogen and oxygen atoms in total. The van der Waals surface area contributed by atoms with Crippen LogP contribution >= 0.6 is 22.6 Å². The summed E-state index contributed by atoms with van der Waals surface area (Å²) in [4.78, 5) is 13.7. The minimum atomic E-state index is -2.91. The second kappa shape index (κ2) is 4.77. The van der Waals surface area contributed by atoms with Crippen molar-refractivity contribution in [1.29, 1.82) is 0 Å². The Hall–Kier alpha value is -0.860. The van der Waals surface area contributed by atoms with E-state index in [4.69, 9.17) is 5.11 Å². The van der Waals surface area contributed by atoms with Gasteiger partial charge in [-0.2, -0.15) is 0 Å². The maximum atomic E-state index is 13.0. The molecule has 15 heavy (non-hydrogen) atoms. The molecule has 1 heterocycles. The van der Waals surface area contributed by atoms with E-state index in [2.05, 4.69) is 4.98 Å². The number of carboxylic acids is 1. The lowest BCUT2D eigenvalue weighted by Crippen LogP contribution is -2.08. The van der Waals surface area contributed by atoms with Crippen molar-refractivity contribution < 1.29 is 23.1 Å². The molecule has 0 aliphatic rings. The van der Waals surface area contributed by atoms with E-state index in [1.54, 1.807) is 0 Å². The molecule has 7 heteroatoms. The number of nitrogens with zero attached hydrogens (tertiary/aromatic N) is 1. The highest BCUT2D eigenvalue weighted by atomic mass is 127. The minimum Gasteiger partial charge on any atom is -0.481 e. The van der Waals surface area contributed by atoms with Crippen LogP contribution in [0.1, 0.15) is 17.7 Å². The summed E-state index contributed by atoms with van der Waals surface area (Å²) >= 11 is 1.47. The summed E-state index contributed by atoms with van der Waals surface area (Å²) in [5.74, 6) is -2.10. The van der Waals surface area contributed by atoms with E-state index in [9.17, 15) is 18.0 Å². The fourth-order valence-corrected chi connectivity index (χ4v) is 1.43. The van der Waals surface area contributed by atoms with Crippen molar-refractivity contribution in [2.24, 2.45) is 0 Å². The standard InChI is InChI=1S/C8H5F3INO2/c9-4-1-3(2-5(14)15)6(7(10)11)13-8(4)12/h1,7H,2H2,(H,14,15). The maximum Gasteiger partial charge on any atom is 0.307 e. The van der Waals surface area contributed by atoms with Crippen molar-refractivity contribution in [1.82, 2.24) is 4.98 Å². The van der Waals surface area contributed by atoms with E-state index in [0.717, 1.165) is 6.07 Å². The van der Waals surface area contributed by atoms with E-state index in [1.807, 2.05) is 0 Å². The summed E-state index contributed by atoms with van der Waals surface area (Å²) in [5.41, 5.74) is -0.974. The average Bonchev–Trinajstić information content (AvgIpc) is 2.09. The molecule has 0 atom stereocenters. The van der Waals surface area contributed by atoms with Crippen molar-refractivity contribution in [2.45, 2.75) is 12.8 Å². The van der Waals surface area contributed by atoms with Gasteiger partial charge in [0.1, 0.15) is 9.39 Å². The highest BCUT2D eigenvalue weighted by molar-refractivity contribution is 14.1. The van der Waals surface area contributed by atoms with Crippen LogP contribution < -0.4 is 0 Å². The fourth-order valence-electron chi connectivity index (χ4n) is 1.01. The number of halogens is 4. The third kappa shape index (κ3) is 3.05. The largest absolute Gasteiger partial charge is 0.481 e. The van der Waals surface area contributed by atoms with Gasteiger partial charge >= 0.3 is 5.97 Å². The Morgan fingerprint density at radius 1 is 1.60 bits per heavy atom. The molecule has 0 aromatic carbocycles. The van der Waals surface area contributed by atoms with Crippen LogP contribution in [0.2, 0.25) is 0 Å². The van der Waals surface area contributed by atoms with Crippen LogP contribution in [0, 0.1) is 9.52 Å². The molecule has 0 amide bonds. The highest BCUT2D eigenvalue weighted by Crippen LogP contribution is 2.24. The van der Waals surface area contributed by atoms with Gasteiger partial charge in [-0.05, 0) is 34.2 Å². The molecule has 1 rings (SSSR count). The van der Waals surface area contributed by atoms with E-state index < -0.39 is 30.3 Å². The predicted molar refractivity (Wildman–Crippen MR) is 53.2 cm³/mol. The Morgan fingerprint density at radius 2 is 2.20 bits per heavy atom. The van der Waals surface area contributed by atoms with E-state index in [0.29, 0.717) is 0 Å². The van der Waals surface area contributed by atoms with Gasteiger partial charge in [0.15, 0.2) is 5.82 Å². The number of hydrogen-bond donors (Lipinski definition) is 1. The molecule has 82 valence electrons. The summed E-state index contributed by atoms with van der Waals surface area (Å²) in [6.45, 7) is 0. The maximum absolute atomic E-state index is 13.0. The fraction of sp³-hybridized carbons (Fsp3) is 0.250. The van der Waals surface area contributed by atoms with Crippen LogP contribution in [0.4, 0.5) is 13.2 Å². The smallest absolute Gasteiger partial charge is 0.307 e. The van der Waals surface area contributed by atoms with Crippen LogP contribution in [0.25, 0.3) is 0 Å². The number of aliphatic carboxylic acids is 1. The third-order valence-corrected chi connectivity index (χ3v) is 2.35. The number of pyridine rings is 1. The molecular formula is C8H5F3INO2. The summed E-state index contributed by atoms with van der Waals surface area (Å²) in [6, 6.07) is 0.782. The first kappa shape index (κ1) is 12.2. The van der Waals surface area contributed by atoms with E-state index >= 15 is 0 Å². The Kier molecular flexibility index (Phi) is 3.89. The topological polar surface area (TPSA) is 50.2 Å². The normalized spacial score (nSPS) is 10.7. The Balaban J connectivity index is 3.21. The first-order valence-electron chi connectivity index (χ1n) is 3.76. The first-order valence-corrected chi connectivity index (χ1v) is 4.84. The Bertz CT molecular complexity index is 398. The lowest BCUT2D eigenvalue weighted by atomic mass is 10.1. The molecule has 0 radical (unpaired) electrons. The van der Waals surface area contributed by atoms with Gasteiger partial charge in [-0.25, -0.2) is 18.2 Å². The zero-order chi connectivity index (χ0) is 11.6. The van der Waals surface area contributed by atoms with Crippen molar-refractivity contribution in [3.8, 4) is 0 Å². The van der Waals surface area contributed by atoms with Gasteiger partial charge < -0.3 is 5.11 Å². The number of alkyl halides is 2. The number of carbonyl (C=O) groups is 1. The molecule has 1 aromatic heterocycles. The second-order valence-electron chi connectivity index (χ2n) is 2.68. The number of aromatic nitrogens is 1. The zero-order valence-corrected chi connectivity index (χ0v) is 9.33. The molecule has 0 aliphatic carbocycles. The lowest BCUT2D eigenvalue weighted by Gasteiger charge is -2.06. The molecule has 1 N–H and O–H groups in total. The molecular weight excluding hydrogens is 326 g/mol. The lowest BCUT2D eigenvalue weighted by molar-refractivity contribution is -0.136. The van der Waals surface area contributed by atoms with Crippen molar-refractivity contribution in [3.63, 3.8) is 0 Å². The molecule has 0 aliphatic heterocycles. The van der Waals surface area contributed by atoms with Gasteiger partial charge in [0.2, 0.25) is 0 Å². The molecule has 0 spiro atoms. The molecule has 0 saturated carbocycles. The van der Waals surface area contributed by atoms with Crippen LogP contribution in [0.5, 0.6) is 0 Å². The Morgan fingerprint density at radius 3 is 2.67 bits per heavy atom. The summed E-state index contributed by atoms with van der Waals surface area (Å²) in [7, 11) is 0. The van der Waals surface area contributed by atoms with Crippen molar-refractivity contribution in [2.75, 3.05) is 0 Å². The summed E-state index contributed by atoms with van der Waals surface area (Å²) in [5, 5.41) is 8.44. The first-order chi connectivity index (χ1) is 6.91. The molecule has 0 unspecified atom stereocenters. The SMILES string of the molecule is O=C(O)Cc1cc(F)c(I)nc1C(F)F. The monoisotopic (exact) mass is 331 g/mol. The van der Waals surface area contributed by atoms with Crippen LogP contribution in [-0.4, -0.2) is 16.1 Å². The molecule has 0 bridgehead atoms. The predicted octanol–water partition coefficient (Wildman–Crippen LogP) is 2.39. The summed E-state index contributed by atoms with van der Waals surface area (Å²) in [6.07, 6.45) is -3.57. The molecule has 0 saturated heterocycles. The van der Waals surface area contributed by atoms with Gasteiger partial charge in [-0.1, -0.05) is 0 Å². The number of rotatable bonds is 3. The number of hydrogen-bond acceptors (Lipinski definition) is 2. The second-order valence-corrected chi connectivity index (χ2v) is 3.70. The zero-order valence-electron chi connectivity index (χ0n) is 7.18. The Labute approximate surface area is 96.5 Å². The van der Waals surface area contributed by atoms with Crippen LogP contribution in [-0.2, 0) is 11.2 Å². The van der Waals surface area contributed by atoms with Gasteiger partial charge in [0.05, 0.1) is 6.42 Å². The van der Waals surface area contributed by atoms with Gasteiger partial charge in [-0.3, -0.25) is 4.79 Å².